The summed E-state index contributed by atoms with van der Waals surface area (Å²) in [6.07, 6.45) is 10.6. The molecule has 0 radical (unpaired) electrons. The summed E-state index contributed by atoms with van der Waals surface area (Å²) < 4.78 is 17.5. The van der Waals surface area contributed by atoms with Gasteiger partial charge in [0.2, 0.25) is 5.91 Å². The maximum absolute atomic E-state index is 15.6. The number of aromatic nitrogens is 1. The number of rotatable bonds is 16. The maximum atomic E-state index is 15.6. The molecule has 2 saturated heterocycles. The van der Waals surface area contributed by atoms with Crippen molar-refractivity contribution in [3.05, 3.63) is 64.6 Å². The van der Waals surface area contributed by atoms with Gasteiger partial charge in [-0.1, -0.05) is 46.4 Å². The lowest BCUT2D eigenvalue weighted by molar-refractivity contribution is -0.125. The number of anilines is 1. The molecule has 2 aliphatic rings. The first-order chi connectivity index (χ1) is 23.9. The summed E-state index contributed by atoms with van der Waals surface area (Å²) in [5.74, 6) is 0.439. The third-order valence-electron chi connectivity index (χ3n) is 10.4. The molecule has 0 spiro atoms. The minimum absolute atomic E-state index is 0.130. The fraction of sp³-hybridized carbons (Fsp3) is 0.538. The molecule has 1 aromatic carbocycles. The van der Waals surface area contributed by atoms with Crippen LogP contribution in [0.4, 0.5) is 10.1 Å². The van der Waals surface area contributed by atoms with Gasteiger partial charge in [0.1, 0.15) is 11.9 Å². The van der Waals surface area contributed by atoms with E-state index in [9.17, 15) is 9.59 Å². The SMILES string of the molecule is C=C1CCC(n2c(=C)c3cc(F)c(N(CC)CCN(C)CC4CCN(/C(N)=C/C=C(\N)C(=O)N[C@@H](CC)CCCC)CC4)cc3c2=C)C(=O)N1. The van der Waals surface area contributed by atoms with E-state index < -0.39 is 6.04 Å². The van der Waals surface area contributed by atoms with Crippen LogP contribution < -0.4 is 37.7 Å². The third kappa shape index (κ3) is 9.29. The number of amides is 2. The molecule has 2 aliphatic heterocycles. The zero-order valence-electron chi connectivity index (χ0n) is 30.7. The van der Waals surface area contributed by atoms with Gasteiger partial charge in [-0.05, 0) is 82.7 Å². The number of nitrogens with zero attached hydrogens (tertiary/aromatic N) is 4. The zero-order valence-corrected chi connectivity index (χ0v) is 30.7. The summed E-state index contributed by atoms with van der Waals surface area (Å²) in [6.45, 7) is 23.3. The first-order valence-corrected chi connectivity index (χ1v) is 18.3. The Morgan fingerprint density at radius 1 is 1.08 bits per heavy atom. The Hall–Kier alpha value is -4.25. The highest BCUT2D eigenvalue weighted by molar-refractivity contribution is 5.93. The third-order valence-corrected chi connectivity index (χ3v) is 10.4. The fourth-order valence-corrected chi connectivity index (χ4v) is 7.19. The molecule has 0 aliphatic carbocycles. The number of fused-ring (bicyclic) bond motifs is 1. The molecule has 3 heterocycles. The Morgan fingerprint density at radius 2 is 1.76 bits per heavy atom. The molecule has 2 atom stereocenters. The lowest BCUT2D eigenvalue weighted by Crippen LogP contribution is -2.42. The lowest BCUT2D eigenvalue weighted by atomic mass is 9.96. The number of nitrogens with two attached hydrogens (primary N) is 2. The van der Waals surface area contributed by atoms with Gasteiger partial charge in [-0.3, -0.25) is 9.59 Å². The van der Waals surface area contributed by atoms with E-state index in [-0.39, 0.29) is 29.4 Å². The number of piperidine rings is 2. The maximum Gasteiger partial charge on any atom is 0.267 e. The quantitative estimate of drug-likeness (QED) is 0.156. The van der Waals surface area contributed by atoms with Gasteiger partial charge >= 0.3 is 0 Å². The van der Waals surface area contributed by atoms with Crippen LogP contribution in [0.2, 0.25) is 0 Å². The highest BCUT2D eigenvalue weighted by Gasteiger charge is 2.28. The van der Waals surface area contributed by atoms with Crippen LogP contribution in [0, 0.1) is 11.7 Å². The molecule has 1 aromatic heterocycles. The van der Waals surface area contributed by atoms with Crippen molar-refractivity contribution < 1.29 is 14.0 Å². The number of likely N-dealkylation sites (tertiary alicyclic amines) is 1. The minimum Gasteiger partial charge on any atom is -0.394 e. The molecule has 50 heavy (non-hydrogen) atoms. The normalized spacial score (nSPS) is 18.5. The molecule has 11 heteroatoms. The number of likely N-dealkylation sites (N-methyl/N-ethyl adjacent to an activating group) is 2. The number of hydrogen-bond donors (Lipinski definition) is 4. The second kappa shape index (κ2) is 17.6. The molecular weight excluding hydrogens is 631 g/mol. The Labute approximate surface area is 297 Å². The predicted molar refractivity (Wildman–Crippen MR) is 204 cm³/mol. The second-order valence-corrected chi connectivity index (χ2v) is 14.0. The average Bonchev–Trinajstić information content (AvgIpc) is 3.33. The van der Waals surface area contributed by atoms with Gasteiger partial charge in [-0.25, -0.2) is 4.39 Å². The van der Waals surface area contributed by atoms with Crippen molar-refractivity contribution in [2.45, 2.75) is 84.2 Å². The highest BCUT2D eigenvalue weighted by atomic mass is 19.1. The predicted octanol–water partition coefficient (Wildman–Crippen LogP) is 3.76. The smallest absolute Gasteiger partial charge is 0.267 e. The van der Waals surface area contributed by atoms with E-state index in [0.717, 1.165) is 70.1 Å². The molecule has 1 unspecified atom stereocenters. The Kier molecular flexibility index (Phi) is 13.6. The number of hydrogen-bond acceptors (Lipinski definition) is 7. The molecule has 274 valence electrons. The van der Waals surface area contributed by atoms with Gasteiger partial charge < -0.3 is 41.4 Å². The average molecular weight is 691 g/mol. The first-order valence-electron chi connectivity index (χ1n) is 18.3. The molecule has 0 bridgehead atoms. The van der Waals surface area contributed by atoms with E-state index in [4.69, 9.17) is 11.5 Å². The van der Waals surface area contributed by atoms with Gasteiger partial charge in [0.05, 0.1) is 17.2 Å². The van der Waals surface area contributed by atoms with Crippen molar-refractivity contribution >= 4 is 41.4 Å². The van der Waals surface area contributed by atoms with Crippen molar-refractivity contribution in [1.29, 1.82) is 0 Å². The fourth-order valence-electron chi connectivity index (χ4n) is 7.19. The zero-order chi connectivity index (χ0) is 36.5. The van der Waals surface area contributed by atoms with Crippen molar-refractivity contribution in [3.8, 4) is 0 Å². The second-order valence-electron chi connectivity index (χ2n) is 14.0. The minimum atomic E-state index is -0.447. The van der Waals surface area contributed by atoms with Gasteiger partial charge in [0.25, 0.3) is 5.91 Å². The molecular formula is C39H59FN8O2. The van der Waals surface area contributed by atoms with Gasteiger partial charge in [0, 0.05) is 72.5 Å². The summed E-state index contributed by atoms with van der Waals surface area (Å²) in [6, 6.07) is 3.08. The number of halogens is 1. The van der Waals surface area contributed by atoms with Crippen LogP contribution >= 0.6 is 0 Å². The molecule has 2 aromatic rings. The van der Waals surface area contributed by atoms with Crippen LogP contribution in [-0.2, 0) is 9.59 Å². The number of allylic oxidation sites excluding steroid dienone is 3. The van der Waals surface area contributed by atoms with Crippen LogP contribution in [0.25, 0.3) is 23.9 Å². The topological polar surface area (TPSA) is 125 Å². The lowest BCUT2D eigenvalue weighted by Gasteiger charge is -2.35. The van der Waals surface area contributed by atoms with Crippen molar-refractivity contribution in [3.63, 3.8) is 0 Å². The van der Waals surface area contributed by atoms with E-state index in [1.54, 1.807) is 12.2 Å². The van der Waals surface area contributed by atoms with Crippen molar-refractivity contribution in [1.82, 2.24) is 25.0 Å². The summed E-state index contributed by atoms with van der Waals surface area (Å²) in [5.41, 5.74) is 13.8. The number of carbonyl (C=O) groups is 2. The molecule has 10 nitrogen and oxygen atoms in total. The van der Waals surface area contributed by atoms with Gasteiger partial charge in [-0.15, -0.1) is 0 Å². The van der Waals surface area contributed by atoms with Crippen LogP contribution in [0.3, 0.4) is 0 Å². The number of carbonyl (C=O) groups excluding carboxylic acids is 2. The standard InChI is InChI=1S/C39H59FN8O2/c1-8-11-12-30(9-2)44-38(49)34(41)14-16-37(42)47-19-17-29(18-20-47)25-45(7)21-22-46(10-3)36-24-32-28(6)48(27(5)31(32)23-33(36)40)35-15-13-26(4)43-39(35)50/h14,16,23-24,29-30,35H,4-6,8-13,15,17-22,25,41-42H2,1-3,7H3,(H,43,50)(H,44,49)/b34-14-,37-16+/t30-,35?/m0/s1. The molecule has 6 N–H and O–H groups in total. The highest BCUT2D eigenvalue weighted by Crippen LogP contribution is 2.26. The van der Waals surface area contributed by atoms with Crippen LogP contribution in [0.1, 0.15) is 78.2 Å². The van der Waals surface area contributed by atoms with E-state index in [1.807, 2.05) is 17.6 Å². The molecule has 2 amide bonds. The summed E-state index contributed by atoms with van der Waals surface area (Å²) in [4.78, 5) is 31.8. The van der Waals surface area contributed by atoms with E-state index in [2.05, 4.69) is 66.0 Å². The molecule has 0 saturated carbocycles. The van der Waals surface area contributed by atoms with Crippen LogP contribution in [0.15, 0.2) is 48.1 Å². The van der Waals surface area contributed by atoms with Gasteiger partial charge in [0.15, 0.2) is 0 Å². The summed E-state index contributed by atoms with van der Waals surface area (Å²) in [5, 5.41) is 8.61. The molecule has 4 rings (SSSR count). The number of nitrogens with one attached hydrogen (secondary N) is 2. The number of unbranched alkanes of at least 4 members (excludes halogenated alkanes) is 1. The van der Waals surface area contributed by atoms with Crippen molar-refractivity contribution in [2.75, 3.05) is 51.2 Å². The van der Waals surface area contributed by atoms with Gasteiger partial charge in [-0.2, -0.15) is 0 Å². The van der Waals surface area contributed by atoms with Crippen LogP contribution in [-0.4, -0.2) is 78.5 Å². The molecule has 2 fully saturated rings. The van der Waals surface area contributed by atoms with E-state index in [0.29, 0.717) is 65.1 Å². The Morgan fingerprint density at radius 3 is 2.38 bits per heavy atom. The summed E-state index contributed by atoms with van der Waals surface area (Å²) in [7, 11) is 2.12. The number of benzene rings is 1. The largest absolute Gasteiger partial charge is 0.394 e. The van der Waals surface area contributed by atoms with E-state index in [1.165, 1.54) is 6.07 Å². The first kappa shape index (κ1) is 38.6. The van der Waals surface area contributed by atoms with Crippen molar-refractivity contribution in [2.24, 2.45) is 17.4 Å². The Balaban J connectivity index is 1.30. The van der Waals surface area contributed by atoms with E-state index >= 15 is 4.39 Å². The van der Waals surface area contributed by atoms with Crippen LogP contribution in [0.5, 0.6) is 0 Å². The summed E-state index contributed by atoms with van der Waals surface area (Å²) >= 11 is 0. The monoisotopic (exact) mass is 690 g/mol. The Bertz CT molecular complexity index is 1690.